The predicted molar refractivity (Wildman–Crippen MR) is 73.7 cm³/mol. The average Bonchev–Trinajstić information content (AvgIpc) is 2.47. The summed E-state index contributed by atoms with van der Waals surface area (Å²) in [4.78, 5) is 2.23. The molecule has 2 rings (SSSR count). The first-order chi connectivity index (χ1) is 9.28. The smallest absolute Gasteiger partial charge is 0.101 e. The van der Waals surface area contributed by atoms with Crippen LogP contribution in [0.3, 0.4) is 0 Å². The first kappa shape index (κ1) is 13.9. The van der Waals surface area contributed by atoms with Crippen LogP contribution in [0, 0.1) is 17.2 Å². The topological polar surface area (TPSA) is 67.5 Å². The van der Waals surface area contributed by atoms with Gasteiger partial charge in [0.25, 0.3) is 0 Å². The minimum Gasteiger partial charge on any atom is -0.396 e. The fraction of sp³-hybridized carbons (Fsp3) is 0.533. The molecular weight excluding hydrogens is 240 g/mol. The number of hydrogen-bond donors (Lipinski definition) is 2. The molecule has 1 aliphatic rings. The molecule has 0 spiro atoms. The largest absolute Gasteiger partial charge is 0.396 e. The van der Waals surface area contributed by atoms with E-state index in [0.29, 0.717) is 11.5 Å². The van der Waals surface area contributed by atoms with Crippen molar-refractivity contribution >= 4 is 5.69 Å². The zero-order valence-corrected chi connectivity index (χ0v) is 11.0. The fourth-order valence-electron chi connectivity index (χ4n) is 2.75. The van der Waals surface area contributed by atoms with Gasteiger partial charge in [0.05, 0.1) is 17.9 Å². The van der Waals surface area contributed by atoms with E-state index in [4.69, 9.17) is 10.2 Å². The highest BCUT2D eigenvalue weighted by molar-refractivity contribution is 5.60. The minimum absolute atomic E-state index is 0.0396. The normalized spacial score (nSPS) is 19.2. The van der Waals surface area contributed by atoms with Crippen LogP contribution in [0.15, 0.2) is 18.2 Å². The van der Waals surface area contributed by atoms with Crippen molar-refractivity contribution in [2.45, 2.75) is 25.9 Å². The Balaban J connectivity index is 2.19. The second-order valence-electron chi connectivity index (χ2n) is 5.09. The van der Waals surface area contributed by atoms with Crippen molar-refractivity contribution in [2.24, 2.45) is 5.92 Å². The molecule has 0 radical (unpaired) electrons. The molecule has 1 aromatic carbocycles. The number of benzene rings is 1. The molecule has 2 N–H and O–H groups in total. The van der Waals surface area contributed by atoms with Crippen LogP contribution in [-0.4, -0.2) is 29.9 Å². The van der Waals surface area contributed by atoms with Crippen LogP contribution < -0.4 is 4.90 Å². The summed E-state index contributed by atoms with van der Waals surface area (Å²) in [5.41, 5.74) is 2.34. The summed E-state index contributed by atoms with van der Waals surface area (Å²) in [5, 5.41) is 27.4. The number of anilines is 1. The highest BCUT2D eigenvalue weighted by Crippen LogP contribution is 2.28. The van der Waals surface area contributed by atoms with Gasteiger partial charge in [-0.1, -0.05) is 6.07 Å². The summed E-state index contributed by atoms with van der Waals surface area (Å²) in [6.07, 6.45) is 3.07. The van der Waals surface area contributed by atoms with Crippen molar-refractivity contribution in [3.8, 4) is 6.07 Å². The van der Waals surface area contributed by atoms with Crippen molar-refractivity contribution in [1.29, 1.82) is 5.26 Å². The molecule has 1 fully saturated rings. The van der Waals surface area contributed by atoms with Gasteiger partial charge in [0.1, 0.15) is 6.07 Å². The Morgan fingerprint density at radius 2 is 2.21 bits per heavy atom. The van der Waals surface area contributed by atoms with E-state index < -0.39 is 0 Å². The minimum atomic E-state index is -0.0396. The van der Waals surface area contributed by atoms with E-state index in [1.54, 1.807) is 6.07 Å². The van der Waals surface area contributed by atoms with Gasteiger partial charge < -0.3 is 15.1 Å². The van der Waals surface area contributed by atoms with Crippen molar-refractivity contribution < 1.29 is 10.2 Å². The summed E-state index contributed by atoms with van der Waals surface area (Å²) in [6.45, 7) is 2.04. The SMILES string of the molecule is N#Cc1cc(CO)ccc1N1CCCC(CCO)C1. The van der Waals surface area contributed by atoms with Gasteiger partial charge in [-0.3, -0.25) is 0 Å². The van der Waals surface area contributed by atoms with Crippen molar-refractivity contribution in [1.82, 2.24) is 0 Å². The van der Waals surface area contributed by atoms with Gasteiger partial charge >= 0.3 is 0 Å². The molecule has 1 aromatic rings. The molecule has 0 aromatic heterocycles. The standard InChI is InChI=1S/C15H20N2O2/c16-9-14-8-13(11-19)3-4-15(14)17-6-1-2-12(10-17)5-7-18/h3-4,8,12,18-19H,1-2,5-7,10-11H2. The van der Waals surface area contributed by atoms with E-state index in [9.17, 15) is 5.26 Å². The van der Waals surface area contributed by atoms with Crippen LogP contribution in [-0.2, 0) is 6.61 Å². The first-order valence-corrected chi connectivity index (χ1v) is 6.78. The molecule has 102 valence electrons. The molecule has 0 bridgehead atoms. The first-order valence-electron chi connectivity index (χ1n) is 6.78. The number of rotatable bonds is 4. The third-order valence-corrected chi connectivity index (χ3v) is 3.76. The number of piperidine rings is 1. The lowest BCUT2D eigenvalue weighted by molar-refractivity contribution is 0.244. The lowest BCUT2D eigenvalue weighted by Gasteiger charge is -2.34. The average molecular weight is 260 g/mol. The van der Waals surface area contributed by atoms with Gasteiger partial charge in [-0.25, -0.2) is 0 Å². The van der Waals surface area contributed by atoms with E-state index in [-0.39, 0.29) is 13.2 Å². The number of hydrogen-bond acceptors (Lipinski definition) is 4. The molecule has 4 nitrogen and oxygen atoms in total. The number of aliphatic hydroxyl groups excluding tert-OH is 2. The van der Waals surface area contributed by atoms with Crippen LogP contribution >= 0.6 is 0 Å². The quantitative estimate of drug-likeness (QED) is 0.863. The van der Waals surface area contributed by atoms with Crippen LogP contribution in [0.5, 0.6) is 0 Å². The van der Waals surface area contributed by atoms with Crippen LogP contribution in [0.4, 0.5) is 5.69 Å². The molecule has 0 saturated carbocycles. The van der Waals surface area contributed by atoms with E-state index in [1.165, 1.54) is 0 Å². The Hall–Kier alpha value is -1.57. The van der Waals surface area contributed by atoms with E-state index >= 15 is 0 Å². The Labute approximate surface area is 113 Å². The molecule has 1 saturated heterocycles. The Morgan fingerprint density at radius 3 is 2.89 bits per heavy atom. The fourth-order valence-corrected chi connectivity index (χ4v) is 2.75. The summed E-state index contributed by atoms with van der Waals surface area (Å²) in [6, 6.07) is 7.76. The third-order valence-electron chi connectivity index (χ3n) is 3.76. The molecule has 1 aliphatic heterocycles. The second-order valence-corrected chi connectivity index (χ2v) is 5.09. The molecule has 0 aliphatic carbocycles. The van der Waals surface area contributed by atoms with Crippen molar-refractivity contribution in [2.75, 3.05) is 24.6 Å². The van der Waals surface area contributed by atoms with Crippen molar-refractivity contribution in [3.05, 3.63) is 29.3 Å². The number of aliphatic hydroxyl groups is 2. The van der Waals surface area contributed by atoms with Gasteiger partial charge in [0, 0.05) is 19.7 Å². The van der Waals surface area contributed by atoms with Gasteiger partial charge in [-0.15, -0.1) is 0 Å². The van der Waals surface area contributed by atoms with Gasteiger partial charge in [-0.05, 0) is 42.9 Å². The van der Waals surface area contributed by atoms with Crippen molar-refractivity contribution in [3.63, 3.8) is 0 Å². The van der Waals surface area contributed by atoms with Gasteiger partial charge in [0.15, 0.2) is 0 Å². The predicted octanol–water partition coefficient (Wildman–Crippen LogP) is 1.65. The lowest BCUT2D eigenvalue weighted by atomic mass is 9.94. The zero-order valence-electron chi connectivity index (χ0n) is 11.0. The molecule has 19 heavy (non-hydrogen) atoms. The monoisotopic (exact) mass is 260 g/mol. The molecule has 0 amide bonds. The van der Waals surface area contributed by atoms with Gasteiger partial charge in [0.2, 0.25) is 0 Å². The molecular formula is C15H20N2O2. The highest BCUT2D eigenvalue weighted by Gasteiger charge is 2.21. The summed E-state index contributed by atoms with van der Waals surface area (Å²) >= 11 is 0. The van der Waals surface area contributed by atoms with E-state index in [2.05, 4.69) is 11.0 Å². The maximum atomic E-state index is 9.24. The molecule has 4 heteroatoms. The summed E-state index contributed by atoms with van der Waals surface area (Å²) < 4.78 is 0. The van der Waals surface area contributed by atoms with Crippen LogP contribution in [0.2, 0.25) is 0 Å². The highest BCUT2D eigenvalue weighted by atomic mass is 16.3. The second kappa shape index (κ2) is 6.55. The Bertz CT molecular complexity index is 466. The zero-order chi connectivity index (χ0) is 13.7. The van der Waals surface area contributed by atoms with Gasteiger partial charge in [-0.2, -0.15) is 5.26 Å². The maximum absolute atomic E-state index is 9.24. The van der Waals surface area contributed by atoms with E-state index in [1.807, 2.05) is 12.1 Å². The maximum Gasteiger partial charge on any atom is 0.101 e. The molecule has 1 heterocycles. The lowest BCUT2D eigenvalue weighted by Crippen LogP contribution is -2.36. The van der Waals surface area contributed by atoms with E-state index in [0.717, 1.165) is 43.6 Å². The number of nitriles is 1. The summed E-state index contributed by atoms with van der Waals surface area (Å²) in [5.74, 6) is 0.503. The van der Waals surface area contributed by atoms with Crippen LogP contribution in [0.1, 0.15) is 30.4 Å². The third kappa shape index (κ3) is 3.25. The summed E-state index contributed by atoms with van der Waals surface area (Å²) in [7, 11) is 0. The number of nitrogens with zero attached hydrogens (tertiary/aromatic N) is 2. The Kier molecular flexibility index (Phi) is 4.78. The molecule has 1 atom stereocenters. The Morgan fingerprint density at radius 1 is 1.37 bits per heavy atom. The molecule has 1 unspecified atom stereocenters. The van der Waals surface area contributed by atoms with Crippen LogP contribution in [0.25, 0.3) is 0 Å².